The molecule has 1 fully saturated rings. The van der Waals surface area contributed by atoms with Crippen LogP contribution in [0.25, 0.3) is 0 Å². The van der Waals surface area contributed by atoms with Gasteiger partial charge in [-0.15, -0.1) is 0 Å². The van der Waals surface area contributed by atoms with Gasteiger partial charge >= 0.3 is 12.1 Å². The molecule has 1 aromatic rings. The van der Waals surface area contributed by atoms with Crippen LogP contribution >= 0.6 is 0 Å². The highest BCUT2D eigenvalue weighted by Gasteiger charge is 2.40. The minimum atomic E-state index is -4.50. The summed E-state index contributed by atoms with van der Waals surface area (Å²) in [7, 11) is 0. The lowest BCUT2D eigenvalue weighted by Gasteiger charge is -2.18. The highest BCUT2D eigenvalue weighted by Crippen LogP contribution is 2.25. The van der Waals surface area contributed by atoms with E-state index < -0.39 is 36.4 Å². The molecule has 136 valence electrons. The molecule has 9 heteroatoms. The van der Waals surface area contributed by atoms with Crippen molar-refractivity contribution in [3.8, 4) is 0 Å². The first-order chi connectivity index (χ1) is 11.6. The number of amides is 2. The predicted molar refractivity (Wildman–Crippen MR) is 81.8 cm³/mol. The Morgan fingerprint density at radius 2 is 2.04 bits per heavy atom. The number of rotatable bonds is 6. The van der Waals surface area contributed by atoms with Crippen LogP contribution in [0, 0.1) is 5.92 Å². The lowest BCUT2D eigenvalue weighted by molar-refractivity contribution is -0.157. The molecule has 1 aliphatic rings. The molecule has 0 spiro atoms. The molecule has 1 aliphatic heterocycles. The second-order valence-corrected chi connectivity index (χ2v) is 5.87. The highest BCUT2D eigenvalue weighted by molar-refractivity contribution is 5.97. The molecule has 1 aromatic carbocycles. The number of carbonyl (C=O) groups excluding carboxylic acids is 2. The zero-order valence-electron chi connectivity index (χ0n) is 13.2. The quantitative estimate of drug-likeness (QED) is 0.815. The number of anilines is 1. The van der Waals surface area contributed by atoms with Gasteiger partial charge in [0.05, 0.1) is 5.92 Å². The zero-order valence-corrected chi connectivity index (χ0v) is 13.2. The Bertz CT molecular complexity index is 676. The van der Waals surface area contributed by atoms with Crippen molar-refractivity contribution in [3.05, 3.63) is 29.8 Å². The van der Waals surface area contributed by atoms with Crippen LogP contribution in [0.15, 0.2) is 24.3 Å². The summed E-state index contributed by atoms with van der Waals surface area (Å²) < 4.78 is 37.2. The van der Waals surface area contributed by atoms with Gasteiger partial charge in [-0.05, 0) is 24.1 Å². The van der Waals surface area contributed by atoms with Crippen LogP contribution in [-0.2, 0) is 20.8 Å². The van der Waals surface area contributed by atoms with E-state index in [4.69, 9.17) is 5.11 Å². The Morgan fingerprint density at radius 1 is 1.32 bits per heavy atom. The molecule has 1 heterocycles. The van der Waals surface area contributed by atoms with Crippen LogP contribution in [0.5, 0.6) is 0 Å². The molecule has 0 aliphatic carbocycles. The van der Waals surface area contributed by atoms with Gasteiger partial charge in [0, 0.05) is 25.1 Å². The normalized spacial score (nSPS) is 17.6. The summed E-state index contributed by atoms with van der Waals surface area (Å²) in [6, 6.07) is 6.54. The Balaban J connectivity index is 1.95. The number of aliphatic carboxylic acids is 1. The number of halogens is 3. The maximum Gasteiger partial charge on any atom is 0.406 e. The minimum Gasteiger partial charge on any atom is -0.481 e. The summed E-state index contributed by atoms with van der Waals surface area (Å²) in [6.07, 6.45) is -4.53. The van der Waals surface area contributed by atoms with Gasteiger partial charge in [0.1, 0.15) is 6.54 Å². The summed E-state index contributed by atoms with van der Waals surface area (Å²) in [5.74, 6) is -3.03. The standard InChI is InChI=1S/C16H17F3N2O4/c17-16(18,19)9-21-8-11(7-13(21)22)15(25)20-12-3-1-2-10(6-12)4-5-14(23)24/h1-3,6,11H,4-5,7-9H2,(H,20,25)(H,23,24). The molecular weight excluding hydrogens is 341 g/mol. The molecular formula is C16H17F3N2O4. The van der Waals surface area contributed by atoms with Gasteiger partial charge in [0.15, 0.2) is 0 Å². The van der Waals surface area contributed by atoms with Crippen LogP contribution in [0.3, 0.4) is 0 Å². The average Bonchev–Trinajstić information content (AvgIpc) is 2.85. The number of aryl methyl sites for hydroxylation is 1. The molecule has 0 radical (unpaired) electrons. The lowest BCUT2D eigenvalue weighted by atomic mass is 10.1. The molecule has 2 N–H and O–H groups in total. The zero-order chi connectivity index (χ0) is 18.6. The Kier molecular flexibility index (Phi) is 5.66. The van der Waals surface area contributed by atoms with Crippen molar-refractivity contribution in [2.45, 2.75) is 25.4 Å². The van der Waals surface area contributed by atoms with Crippen molar-refractivity contribution >= 4 is 23.5 Å². The van der Waals surface area contributed by atoms with E-state index in [-0.39, 0.29) is 19.4 Å². The van der Waals surface area contributed by atoms with Gasteiger partial charge in [-0.1, -0.05) is 12.1 Å². The largest absolute Gasteiger partial charge is 0.481 e. The van der Waals surface area contributed by atoms with Gasteiger partial charge in [-0.3, -0.25) is 14.4 Å². The molecule has 0 bridgehead atoms. The molecule has 6 nitrogen and oxygen atoms in total. The SMILES string of the molecule is O=C(O)CCc1cccc(NC(=O)C2CC(=O)N(CC(F)(F)F)C2)c1. The topological polar surface area (TPSA) is 86.7 Å². The maximum atomic E-state index is 12.4. The third-order valence-corrected chi connectivity index (χ3v) is 3.78. The van der Waals surface area contributed by atoms with E-state index in [9.17, 15) is 27.6 Å². The van der Waals surface area contributed by atoms with Gasteiger partial charge in [-0.25, -0.2) is 0 Å². The van der Waals surface area contributed by atoms with E-state index >= 15 is 0 Å². The summed E-state index contributed by atoms with van der Waals surface area (Å²) in [5.41, 5.74) is 1.12. The molecule has 1 unspecified atom stereocenters. The van der Waals surface area contributed by atoms with Crippen LogP contribution < -0.4 is 5.32 Å². The van der Waals surface area contributed by atoms with E-state index in [1.807, 2.05) is 0 Å². The Morgan fingerprint density at radius 3 is 2.68 bits per heavy atom. The van der Waals surface area contributed by atoms with Gasteiger partial charge < -0.3 is 15.3 Å². The molecule has 1 atom stereocenters. The monoisotopic (exact) mass is 358 g/mol. The number of benzene rings is 1. The first-order valence-corrected chi connectivity index (χ1v) is 7.60. The minimum absolute atomic E-state index is 0.0546. The molecule has 2 rings (SSSR count). The fraction of sp³-hybridized carbons (Fsp3) is 0.438. The van der Waals surface area contributed by atoms with Crippen molar-refractivity contribution in [1.82, 2.24) is 4.90 Å². The fourth-order valence-corrected chi connectivity index (χ4v) is 2.62. The van der Waals surface area contributed by atoms with Crippen molar-refractivity contribution in [2.75, 3.05) is 18.4 Å². The van der Waals surface area contributed by atoms with E-state index in [2.05, 4.69) is 5.32 Å². The van der Waals surface area contributed by atoms with Crippen molar-refractivity contribution in [2.24, 2.45) is 5.92 Å². The first kappa shape index (κ1) is 18.8. The molecule has 1 saturated heterocycles. The Labute approximate surface area is 141 Å². The molecule has 2 amide bonds. The third-order valence-electron chi connectivity index (χ3n) is 3.78. The van der Waals surface area contributed by atoms with Crippen molar-refractivity contribution < 1.29 is 32.7 Å². The van der Waals surface area contributed by atoms with E-state index in [1.54, 1.807) is 24.3 Å². The number of carboxylic acid groups (broad SMARTS) is 1. The number of carboxylic acids is 1. The number of nitrogens with one attached hydrogen (secondary N) is 1. The first-order valence-electron chi connectivity index (χ1n) is 7.60. The predicted octanol–water partition coefficient (Wildman–Crippen LogP) is 2.05. The van der Waals surface area contributed by atoms with E-state index in [1.165, 1.54) is 0 Å². The van der Waals surface area contributed by atoms with Crippen molar-refractivity contribution in [3.63, 3.8) is 0 Å². The second-order valence-electron chi connectivity index (χ2n) is 5.87. The van der Waals surface area contributed by atoms with E-state index in [0.29, 0.717) is 22.6 Å². The third kappa shape index (κ3) is 5.77. The van der Waals surface area contributed by atoms with Gasteiger partial charge in [0.2, 0.25) is 11.8 Å². The summed E-state index contributed by atoms with van der Waals surface area (Å²) in [4.78, 5) is 35.0. The van der Waals surface area contributed by atoms with Gasteiger partial charge in [0.25, 0.3) is 0 Å². The maximum absolute atomic E-state index is 12.4. The highest BCUT2D eigenvalue weighted by atomic mass is 19.4. The smallest absolute Gasteiger partial charge is 0.406 e. The number of hydrogen-bond donors (Lipinski definition) is 2. The summed E-state index contributed by atoms with van der Waals surface area (Å²) in [6.45, 7) is -1.64. The molecule has 25 heavy (non-hydrogen) atoms. The molecule has 0 aromatic heterocycles. The number of nitrogens with zero attached hydrogens (tertiary/aromatic N) is 1. The number of likely N-dealkylation sites (tertiary alicyclic amines) is 1. The average molecular weight is 358 g/mol. The van der Waals surface area contributed by atoms with Crippen LogP contribution in [0.4, 0.5) is 18.9 Å². The van der Waals surface area contributed by atoms with Crippen LogP contribution in [-0.4, -0.2) is 47.1 Å². The lowest BCUT2D eigenvalue weighted by Crippen LogP contribution is -2.36. The molecule has 0 saturated carbocycles. The fourth-order valence-electron chi connectivity index (χ4n) is 2.62. The Hall–Kier alpha value is -2.58. The number of hydrogen-bond acceptors (Lipinski definition) is 3. The van der Waals surface area contributed by atoms with E-state index in [0.717, 1.165) is 0 Å². The summed E-state index contributed by atoms with van der Waals surface area (Å²) in [5, 5.41) is 11.2. The van der Waals surface area contributed by atoms with Gasteiger partial charge in [-0.2, -0.15) is 13.2 Å². The summed E-state index contributed by atoms with van der Waals surface area (Å²) >= 11 is 0. The van der Waals surface area contributed by atoms with Crippen molar-refractivity contribution in [1.29, 1.82) is 0 Å². The second kappa shape index (κ2) is 7.54. The van der Waals surface area contributed by atoms with Crippen LogP contribution in [0.1, 0.15) is 18.4 Å². The number of alkyl halides is 3. The van der Waals surface area contributed by atoms with Crippen LogP contribution in [0.2, 0.25) is 0 Å². The number of carbonyl (C=O) groups is 3.